The maximum atomic E-state index is 13.2. The average Bonchev–Trinajstić information content (AvgIpc) is 3.08. The van der Waals surface area contributed by atoms with Crippen LogP contribution in [0.2, 0.25) is 10.0 Å². The van der Waals surface area contributed by atoms with Crippen molar-refractivity contribution in [3.8, 4) is 5.69 Å². The zero-order valence-corrected chi connectivity index (χ0v) is 16.1. The quantitative estimate of drug-likeness (QED) is 0.693. The molecule has 0 unspecified atom stereocenters. The number of halogens is 3. The molecule has 6 nitrogen and oxygen atoms in total. The van der Waals surface area contributed by atoms with Gasteiger partial charge in [-0.3, -0.25) is 4.79 Å². The van der Waals surface area contributed by atoms with Gasteiger partial charge < -0.3 is 10.2 Å². The van der Waals surface area contributed by atoms with Crippen LogP contribution in [0.1, 0.15) is 16.1 Å². The molecule has 3 rings (SSSR count). The second-order valence-corrected chi connectivity index (χ2v) is 6.81. The van der Waals surface area contributed by atoms with Crippen molar-refractivity contribution in [3.05, 3.63) is 69.7 Å². The van der Waals surface area contributed by atoms with E-state index in [-0.39, 0.29) is 10.9 Å². The first kappa shape index (κ1) is 19.1. The van der Waals surface area contributed by atoms with Crippen LogP contribution in [0.3, 0.4) is 0 Å². The molecule has 0 aliphatic rings. The topological polar surface area (TPSA) is 63.1 Å². The molecule has 0 atom stereocenters. The van der Waals surface area contributed by atoms with Gasteiger partial charge >= 0.3 is 0 Å². The van der Waals surface area contributed by atoms with Crippen molar-refractivity contribution in [2.45, 2.75) is 6.54 Å². The number of carbonyl (C=O) groups excluding carboxylic acids is 1. The van der Waals surface area contributed by atoms with E-state index in [0.29, 0.717) is 28.5 Å². The van der Waals surface area contributed by atoms with Crippen LogP contribution in [0, 0.1) is 5.82 Å². The number of carbonyl (C=O) groups is 1. The molecular formula is C18H16Cl2FN5O. The highest BCUT2D eigenvalue weighted by Crippen LogP contribution is 2.23. The number of nitrogens with one attached hydrogen (secondary N) is 1. The van der Waals surface area contributed by atoms with Gasteiger partial charge in [0.05, 0.1) is 34.0 Å². The summed E-state index contributed by atoms with van der Waals surface area (Å²) in [6.45, 7) is 0.385. The lowest BCUT2D eigenvalue weighted by Crippen LogP contribution is -2.22. The summed E-state index contributed by atoms with van der Waals surface area (Å²) in [5.41, 5.74) is 2.36. The number of amides is 1. The first-order valence-corrected chi connectivity index (χ1v) is 8.72. The van der Waals surface area contributed by atoms with E-state index < -0.39 is 5.82 Å². The highest BCUT2D eigenvalue weighted by Gasteiger charge is 2.13. The molecule has 0 saturated heterocycles. The minimum absolute atomic E-state index is 0.161. The smallest absolute Gasteiger partial charge is 0.254 e. The van der Waals surface area contributed by atoms with Crippen LogP contribution < -0.4 is 5.32 Å². The van der Waals surface area contributed by atoms with Crippen LogP contribution in [0.4, 0.5) is 10.1 Å². The number of benzene rings is 2. The fourth-order valence-corrected chi connectivity index (χ4v) is 2.91. The Morgan fingerprint density at radius 1 is 1.19 bits per heavy atom. The van der Waals surface area contributed by atoms with Crippen LogP contribution in [-0.4, -0.2) is 39.9 Å². The van der Waals surface area contributed by atoms with Crippen LogP contribution in [0.5, 0.6) is 0 Å². The van der Waals surface area contributed by atoms with Gasteiger partial charge in [0.25, 0.3) is 5.91 Å². The fraction of sp³-hybridized carbons (Fsp3) is 0.167. The van der Waals surface area contributed by atoms with E-state index in [1.54, 1.807) is 38.5 Å². The van der Waals surface area contributed by atoms with Gasteiger partial charge in [-0.15, -0.1) is 5.10 Å². The first-order chi connectivity index (χ1) is 12.8. The van der Waals surface area contributed by atoms with Crippen molar-refractivity contribution < 1.29 is 9.18 Å². The molecule has 0 bridgehead atoms. The number of hydrogen-bond donors (Lipinski definition) is 1. The van der Waals surface area contributed by atoms with Crippen LogP contribution in [0.25, 0.3) is 5.69 Å². The SMILES string of the molecule is CN(C)C(=O)c1ccc(NCc2cn(-c3ccc(F)cc3Cl)nn2)cc1Cl. The van der Waals surface area contributed by atoms with E-state index in [4.69, 9.17) is 23.2 Å². The van der Waals surface area contributed by atoms with Crippen LogP contribution in [0.15, 0.2) is 42.6 Å². The van der Waals surface area contributed by atoms with Gasteiger partial charge in [0.2, 0.25) is 0 Å². The van der Waals surface area contributed by atoms with Gasteiger partial charge in [0.15, 0.2) is 0 Å². The van der Waals surface area contributed by atoms with Gasteiger partial charge in [0.1, 0.15) is 11.5 Å². The predicted molar refractivity (Wildman–Crippen MR) is 103 cm³/mol. The molecule has 140 valence electrons. The standard InChI is InChI=1S/C18H16Cl2FN5O/c1-25(2)18(27)14-5-4-12(8-15(14)19)22-9-13-10-26(24-23-13)17-6-3-11(21)7-16(17)20/h3-8,10,22H,9H2,1-2H3. The Morgan fingerprint density at radius 2 is 1.96 bits per heavy atom. The van der Waals surface area contributed by atoms with E-state index in [1.807, 2.05) is 0 Å². The third-order valence-electron chi connectivity index (χ3n) is 3.78. The zero-order valence-electron chi connectivity index (χ0n) is 14.6. The molecule has 1 N–H and O–H groups in total. The first-order valence-electron chi connectivity index (χ1n) is 7.97. The Morgan fingerprint density at radius 3 is 2.63 bits per heavy atom. The maximum Gasteiger partial charge on any atom is 0.254 e. The molecule has 1 amide bonds. The zero-order chi connectivity index (χ0) is 19.6. The molecule has 2 aromatic carbocycles. The van der Waals surface area contributed by atoms with Gasteiger partial charge in [0, 0.05) is 19.8 Å². The largest absolute Gasteiger partial charge is 0.379 e. The lowest BCUT2D eigenvalue weighted by molar-refractivity contribution is 0.0828. The van der Waals surface area contributed by atoms with E-state index in [2.05, 4.69) is 15.6 Å². The van der Waals surface area contributed by atoms with Crippen LogP contribution in [-0.2, 0) is 6.54 Å². The summed E-state index contributed by atoms with van der Waals surface area (Å²) in [7, 11) is 3.34. The maximum absolute atomic E-state index is 13.2. The molecule has 1 aromatic heterocycles. The summed E-state index contributed by atoms with van der Waals surface area (Å²) in [6.07, 6.45) is 1.69. The number of anilines is 1. The van der Waals surface area contributed by atoms with Crippen LogP contribution >= 0.6 is 23.2 Å². The molecule has 0 fully saturated rings. The van der Waals surface area contributed by atoms with Gasteiger partial charge in [-0.25, -0.2) is 9.07 Å². The fourth-order valence-electron chi connectivity index (χ4n) is 2.40. The third kappa shape index (κ3) is 4.37. The van der Waals surface area contributed by atoms with E-state index in [0.717, 1.165) is 5.69 Å². The van der Waals surface area contributed by atoms with Crippen molar-refractivity contribution in [1.29, 1.82) is 0 Å². The number of nitrogens with zero attached hydrogens (tertiary/aromatic N) is 4. The third-order valence-corrected chi connectivity index (χ3v) is 4.39. The Hall–Kier alpha value is -2.64. The summed E-state index contributed by atoms with van der Waals surface area (Å²) in [4.78, 5) is 13.5. The van der Waals surface area contributed by atoms with Gasteiger partial charge in [-0.05, 0) is 36.4 Å². The minimum atomic E-state index is -0.418. The highest BCUT2D eigenvalue weighted by atomic mass is 35.5. The highest BCUT2D eigenvalue weighted by molar-refractivity contribution is 6.34. The summed E-state index contributed by atoms with van der Waals surface area (Å²) >= 11 is 12.2. The monoisotopic (exact) mass is 407 g/mol. The van der Waals surface area contributed by atoms with E-state index in [1.165, 1.54) is 27.8 Å². The Labute approximate surface area is 165 Å². The summed E-state index contributed by atoms with van der Waals surface area (Å²) in [5, 5.41) is 11.8. The molecule has 0 spiro atoms. The molecule has 0 saturated carbocycles. The molecule has 9 heteroatoms. The number of hydrogen-bond acceptors (Lipinski definition) is 4. The summed E-state index contributed by atoms with van der Waals surface area (Å²) in [6, 6.07) is 9.17. The van der Waals surface area contributed by atoms with Gasteiger partial charge in [-0.2, -0.15) is 0 Å². The average molecular weight is 408 g/mol. The molecule has 1 heterocycles. The van der Waals surface area contributed by atoms with E-state index >= 15 is 0 Å². The van der Waals surface area contributed by atoms with Crippen molar-refractivity contribution in [2.24, 2.45) is 0 Å². The lowest BCUT2D eigenvalue weighted by Gasteiger charge is -2.12. The molecule has 0 aliphatic carbocycles. The number of rotatable bonds is 5. The molecule has 0 radical (unpaired) electrons. The predicted octanol–water partition coefficient (Wildman–Crippen LogP) is 4.03. The molecule has 0 aliphatic heterocycles. The Kier molecular flexibility index (Phi) is 5.62. The minimum Gasteiger partial charge on any atom is -0.379 e. The Bertz CT molecular complexity index is 990. The van der Waals surface area contributed by atoms with Gasteiger partial charge in [-0.1, -0.05) is 28.4 Å². The molecular weight excluding hydrogens is 392 g/mol. The molecule has 3 aromatic rings. The number of aromatic nitrogens is 3. The summed E-state index contributed by atoms with van der Waals surface area (Å²) in [5.74, 6) is -0.579. The second-order valence-electron chi connectivity index (χ2n) is 6.00. The van der Waals surface area contributed by atoms with Crippen molar-refractivity contribution >= 4 is 34.8 Å². The van der Waals surface area contributed by atoms with E-state index in [9.17, 15) is 9.18 Å². The normalized spacial score (nSPS) is 10.7. The van der Waals surface area contributed by atoms with Crippen molar-refractivity contribution in [3.63, 3.8) is 0 Å². The van der Waals surface area contributed by atoms with Crippen molar-refractivity contribution in [2.75, 3.05) is 19.4 Å². The summed E-state index contributed by atoms with van der Waals surface area (Å²) < 4.78 is 14.6. The Balaban J connectivity index is 1.70. The van der Waals surface area contributed by atoms with Crippen molar-refractivity contribution in [1.82, 2.24) is 19.9 Å². The second kappa shape index (κ2) is 7.94. The molecule has 27 heavy (non-hydrogen) atoms. The lowest BCUT2D eigenvalue weighted by atomic mass is 10.2.